The molecule has 0 atom stereocenters. The molecule has 1 aromatic rings. The summed E-state index contributed by atoms with van der Waals surface area (Å²) in [6.45, 7) is 6.58. The van der Waals surface area contributed by atoms with Gasteiger partial charge in [0.05, 0.1) is 18.8 Å². The van der Waals surface area contributed by atoms with Crippen LogP contribution in [0, 0.1) is 0 Å². The average molecular weight is 346 g/mol. The summed E-state index contributed by atoms with van der Waals surface area (Å²) in [5, 5.41) is 0. The summed E-state index contributed by atoms with van der Waals surface area (Å²) in [6.07, 6.45) is 2.84. The number of carbonyl (C=O) groups is 1. The Morgan fingerprint density at radius 1 is 1.36 bits per heavy atom. The van der Waals surface area contributed by atoms with Gasteiger partial charge in [0.1, 0.15) is 11.4 Å². The Morgan fingerprint density at radius 2 is 2.04 bits per heavy atom. The molecular formula is C18H26N4O3. The summed E-state index contributed by atoms with van der Waals surface area (Å²) >= 11 is 0. The summed E-state index contributed by atoms with van der Waals surface area (Å²) in [5.74, 6) is 0.564. The van der Waals surface area contributed by atoms with E-state index in [0.717, 1.165) is 5.56 Å². The molecule has 0 bridgehead atoms. The van der Waals surface area contributed by atoms with Crippen LogP contribution in [-0.4, -0.2) is 49.0 Å². The fourth-order valence-corrected chi connectivity index (χ4v) is 2.42. The summed E-state index contributed by atoms with van der Waals surface area (Å²) < 4.78 is 10.7. The number of nitrogens with zero attached hydrogens (tertiary/aromatic N) is 2. The minimum Gasteiger partial charge on any atom is -0.494 e. The van der Waals surface area contributed by atoms with Gasteiger partial charge < -0.3 is 25.8 Å². The Balaban J connectivity index is 1.99. The predicted octanol–water partition coefficient (Wildman–Crippen LogP) is 2.27. The molecule has 0 aliphatic carbocycles. The minimum absolute atomic E-state index is 0.0227. The minimum atomic E-state index is -0.495. The van der Waals surface area contributed by atoms with Crippen molar-refractivity contribution in [1.82, 2.24) is 4.90 Å². The molecule has 1 aromatic carbocycles. The third-order valence-electron chi connectivity index (χ3n) is 3.68. The first-order chi connectivity index (χ1) is 11.7. The topological polar surface area (TPSA) is 103 Å². The number of likely N-dealkylation sites (tertiary alicyclic amines) is 1. The van der Waals surface area contributed by atoms with Crippen LogP contribution in [0.15, 0.2) is 29.4 Å². The number of para-hydroxylation sites is 1. The summed E-state index contributed by atoms with van der Waals surface area (Å²) in [5.41, 5.74) is 13.2. The van der Waals surface area contributed by atoms with Crippen molar-refractivity contribution in [2.75, 3.05) is 25.9 Å². The molecule has 1 fully saturated rings. The van der Waals surface area contributed by atoms with E-state index in [9.17, 15) is 4.79 Å². The van der Waals surface area contributed by atoms with Crippen LogP contribution < -0.4 is 16.2 Å². The van der Waals surface area contributed by atoms with Gasteiger partial charge in [-0.05, 0) is 26.8 Å². The molecule has 2 rings (SSSR count). The molecule has 0 spiro atoms. The van der Waals surface area contributed by atoms with E-state index >= 15 is 0 Å². The number of ether oxygens (including phenoxy) is 2. The van der Waals surface area contributed by atoms with Crippen LogP contribution in [0.25, 0.3) is 5.57 Å². The van der Waals surface area contributed by atoms with E-state index in [4.69, 9.17) is 20.9 Å². The molecule has 7 nitrogen and oxygen atoms in total. The molecule has 0 radical (unpaired) electrons. The van der Waals surface area contributed by atoms with Crippen molar-refractivity contribution in [3.05, 3.63) is 30.0 Å². The quantitative estimate of drug-likeness (QED) is 0.643. The second-order valence-corrected chi connectivity index (χ2v) is 6.87. The van der Waals surface area contributed by atoms with E-state index in [1.807, 2.05) is 32.9 Å². The van der Waals surface area contributed by atoms with Gasteiger partial charge in [-0.25, -0.2) is 4.79 Å². The number of anilines is 1. The first-order valence-corrected chi connectivity index (χ1v) is 8.11. The van der Waals surface area contributed by atoms with Crippen LogP contribution >= 0.6 is 0 Å². The number of aliphatic imine (C=N–C) groups is 1. The van der Waals surface area contributed by atoms with Gasteiger partial charge in [-0.2, -0.15) is 0 Å². The highest BCUT2D eigenvalue weighted by molar-refractivity contribution is 6.11. The fourth-order valence-electron chi connectivity index (χ4n) is 2.42. The van der Waals surface area contributed by atoms with Crippen LogP contribution in [0.1, 0.15) is 26.3 Å². The van der Waals surface area contributed by atoms with Crippen LogP contribution in [0.5, 0.6) is 5.75 Å². The maximum Gasteiger partial charge on any atom is 0.410 e. The lowest BCUT2D eigenvalue weighted by Gasteiger charge is -2.37. The molecule has 25 heavy (non-hydrogen) atoms. The number of methoxy groups -OCH3 is 1. The number of benzene rings is 1. The molecular weight excluding hydrogens is 320 g/mol. The van der Waals surface area contributed by atoms with Crippen molar-refractivity contribution < 1.29 is 14.3 Å². The maximum atomic E-state index is 11.9. The van der Waals surface area contributed by atoms with Crippen molar-refractivity contribution in [2.24, 2.45) is 10.7 Å². The number of hydrogen-bond donors (Lipinski definition) is 2. The lowest BCUT2D eigenvalue weighted by molar-refractivity contribution is 0.00911. The van der Waals surface area contributed by atoms with Gasteiger partial charge in [-0.3, -0.25) is 4.99 Å². The molecule has 1 amide bonds. The maximum absolute atomic E-state index is 11.9. The van der Waals surface area contributed by atoms with Crippen LogP contribution in [0.4, 0.5) is 10.5 Å². The van der Waals surface area contributed by atoms with Crippen molar-refractivity contribution in [1.29, 1.82) is 0 Å². The lowest BCUT2D eigenvalue weighted by Crippen LogP contribution is -2.54. The van der Waals surface area contributed by atoms with Gasteiger partial charge >= 0.3 is 6.09 Å². The van der Waals surface area contributed by atoms with Gasteiger partial charge in [0, 0.05) is 36.6 Å². The van der Waals surface area contributed by atoms with Crippen LogP contribution in [0.3, 0.4) is 0 Å². The molecule has 1 aliphatic rings. The van der Waals surface area contributed by atoms with Gasteiger partial charge in [0.25, 0.3) is 0 Å². The second kappa shape index (κ2) is 7.46. The zero-order chi connectivity index (χ0) is 18.6. The standard InChI is InChI=1S/C18H26N4O3/c1-18(2,3)25-17(23)22-10-13(11-22)21-9-12(8-19)14-6-5-7-15(20)16(14)24-4/h5-9,13H,10-11,19-20H2,1-4H3/b12-8+,21-9?. The van der Waals surface area contributed by atoms with Gasteiger partial charge in [-0.1, -0.05) is 12.1 Å². The largest absolute Gasteiger partial charge is 0.494 e. The highest BCUT2D eigenvalue weighted by atomic mass is 16.6. The third kappa shape index (κ3) is 4.65. The fraction of sp³-hybridized carbons (Fsp3) is 0.444. The van der Waals surface area contributed by atoms with E-state index in [1.54, 1.807) is 24.3 Å². The molecule has 1 saturated heterocycles. The van der Waals surface area contributed by atoms with E-state index in [-0.39, 0.29) is 12.1 Å². The molecule has 0 aromatic heterocycles. The molecule has 0 unspecified atom stereocenters. The summed E-state index contributed by atoms with van der Waals surface area (Å²) in [4.78, 5) is 18.0. The first-order valence-electron chi connectivity index (χ1n) is 8.11. The summed E-state index contributed by atoms with van der Waals surface area (Å²) in [6, 6.07) is 5.49. The highest BCUT2D eigenvalue weighted by Crippen LogP contribution is 2.30. The smallest absolute Gasteiger partial charge is 0.410 e. The molecule has 4 N–H and O–H groups in total. The number of rotatable bonds is 4. The lowest BCUT2D eigenvalue weighted by atomic mass is 10.0. The Morgan fingerprint density at radius 3 is 2.60 bits per heavy atom. The first kappa shape index (κ1) is 18.6. The normalized spacial score (nSPS) is 16.0. The zero-order valence-electron chi connectivity index (χ0n) is 15.2. The van der Waals surface area contributed by atoms with Crippen molar-refractivity contribution in [2.45, 2.75) is 32.4 Å². The molecule has 7 heteroatoms. The number of amides is 1. The van der Waals surface area contributed by atoms with Crippen LogP contribution in [0.2, 0.25) is 0 Å². The number of carbonyl (C=O) groups excluding carboxylic acids is 1. The Hall–Kier alpha value is -2.70. The molecule has 1 aliphatic heterocycles. The predicted molar refractivity (Wildman–Crippen MR) is 99.7 cm³/mol. The van der Waals surface area contributed by atoms with E-state index in [1.165, 1.54) is 6.20 Å². The highest BCUT2D eigenvalue weighted by Gasteiger charge is 2.33. The van der Waals surface area contributed by atoms with Crippen molar-refractivity contribution in [3.8, 4) is 5.75 Å². The van der Waals surface area contributed by atoms with Gasteiger partial charge in [-0.15, -0.1) is 0 Å². The van der Waals surface area contributed by atoms with E-state index < -0.39 is 5.60 Å². The molecule has 0 saturated carbocycles. The number of nitrogen functional groups attached to an aromatic ring is 1. The number of allylic oxidation sites excluding steroid dienone is 1. The molecule has 136 valence electrons. The Kier molecular flexibility index (Phi) is 5.56. The SMILES string of the molecule is COc1c(N)cccc1/C(C=NC1CN(C(=O)OC(C)(C)C)C1)=C/N. The summed E-state index contributed by atoms with van der Waals surface area (Å²) in [7, 11) is 1.56. The third-order valence-corrected chi connectivity index (χ3v) is 3.68. The van der Waals surface area contributed by atoms with Gasteiger partial charge in [0.2, 0.25) is 0 Å². The van der Waals surface area contributed by atoms with Crippen molar-refractivity contribution in [3.63, 3.8) is 0 Å². The molecule has 1 heterocycles. The van der Waals surface area contributed by atoms with Crippen LogP contribution in [-0.2, 0) is 4.74 Å². The number of nitrogens with two attached hydrogens (primary N) is 2. The second-order valence-electron chi connectivity index (χ2n) is 6.87. The van der Waals surface area contributed by atoms with Crippen molar-refractivity contribution >= 4 is 23.6 Å². The Labute approximate surface area is 148 Å². The monoisotopic (exact) mass is 346 g/mol. The number of hydrogen-bond acceptors (Lipinski definition) is 6. The van der Waals surface area contributed by atoms with E-state index in [0.29, 0.717) is 30.1 Å². The Bertz CT molecular complexity index is 686. The average Bonchev–Trinajstić information content (AvgIpc) is 2.47. The zero-order valence-corrected chi connectivity index (χ0v) is 15.2. The van der Waals surface area contributed by atoms with E-state index in [2.05, 4.69) is 4.99 Å². The van der Waals surface area contributed by atoms with Gasteiger partial charge in [0.15, 0.2) is 0 Å².